The standard InChI is InChI=1S/C19H22ClN7O.2C2H6/c1-11(2)22-17-25-16(13-6-5-7-15(20)24-13)26-18(27-17)23-12-8-9-21-14(10-12)19(3,4)28;2*1-2/h5-11,28H,1-4H3,(H2,21,22,23,25,26,27);2*1-2H3. The van der Waals surface area contributed by atoms with Crippen LogP contribution in [0.4, 0.5) is 17.6 Å². The van der Waals surface area contributed by atoms with E-state index in [9.17, 15) is 5.11 Å². The molecule has 9 heteroatoms. The van der Waals surface area contributed by atoms with E-state index in [2.05, 4.69) is 35.6 Å². The summed E-state index contributed by atoms with van der Waals surface area (Å²) in [7, 11) is 0. The maximum atomic E-state index is 10.2. The Kier molecular flexibility index (Phi) is 10.9. The average molecular weight is 460 g/mol. The van der Waals surface area contributed by atoms with Gasteiger partial charge in [-0.25, -0.2) is 4.98 Å². The van der Waals surface area contributed by atoms with Gasteiger partial charge >= 0.3 is 0 Å². The predicted octanol–water partition coefficient (Wildman–Crippen LogP) is 5.83. The summed E-state index contributed by atoms with van der Waals surface area (Å²) in [5, 5.41) is 16.9. The van der Waals surface area contributed by atoms with Gasteiger partial charge in [0.25, 0.3) is 0 Å². The molecule has 0 amide bonds. The third-order valence-electron chi connectivity index (χ3n) is 3.64. The molecular formula is C23H34ClN7O. The van der Waals surface area contributed by atoms with Gasteiger partial charge in [0.05, 0.1) is 5.69 Å². The first-order valence-corrected chi connectivity index (χ1v) is 11.2. The molecule has 0 radical (unpaired) electrons. The second-order valence-corrected chi connectivity index (χ2v) is 7.45. The van der Waals surface area contributed by atoms with Crippen LogP contribution < -0.4 is 10.6 Å². The van der Waals surface area contributed by atoms with Crippen molar-refractivity contribution < 1.29 is 5.11 Å². The van der Waals surface area contributed by atoms with Gasteiger partial charge in [-0.3, -0.25) is 4.98 Å². The number of aliphatic hydroxyl groups is 1. The van der Waals surface area contributed by atoms with Gasteiger partial charge in [-0.05, 0) is 52.0 Å². The van der Waals surface area contributed by atoms with Crippen LogP contribution >= 0.6 is 11.6 Å². The summed E-state index contributed by atoms with van der Waals surface area (Å²) in [4.78, 5) is 21.8. The number of hydrogen-bond donors (Lipinski definition) is 3. The molecule has 0 unspecified atom stereocenters. The molecule has 0 bridgehead atoms. The van der Waals surface area contributed by atoms with Crippen LogP contribution in [0, 0.1) is 0 Å². The largest absolute Gasteiger partial charge is 0.384 e. The van der Waals surface area contributed by atoms with Crippen LogP contribution in [0.5, 0.6) is 0 Å². The van der Waals surface area contributed by atoms with Gasteiger partial charge in [0, 0.05) is 17.9 Å². The average Bonchev–Trinajstić information content (AvgIpc) is 2.75. The fourth-order valence-electron chi connectivity index (χ4n) is 2.37. The molecule has 0 fully saturated rings. The normalized spacial score (nSPS) is 10.5. The van der Waals surface area contributed by atoms with E-state index in [1.165, 1.54) is 0 Å². The first-order valence-electron chi connectivity index (χ1n) is 10.8. The first kappa shape index (κ1) is 27.2. The zero-order chi connectivity index (χ0) is 24.3. The summed E-state index contributed by atoms with van der Waals surface area (Å²) in [6.45, 7) is 15.3. The third kappa shape index (κ3) is 8.36. The Morgan fingerprint density at radius 2 is 1.59 bits per heavy atom. The molecule has 174 valence electrons. The Labute approximate surface area is 196 Å². The number of pyridine rings is 2. The molecule has 0 aromatic carbocycles. The van der Waals surface area contributed by atoms with Crippen molar-refractivity contribution in [2.45, 2.75) is 67.0 Å². The zero-order valence-electron chi connectivity index (χ0n) is 20.1. The maximum absolute atomic E-state index is 10.2. The van der Waals surface area contributed by atoms with E-state index in [0.29, 0.717) is 39.9 Å². The van der Waals surface area contributed by atoms with Crippen LogP contribution in [0.1, 0.15) is 61.1 Å². The van der Waals surface area contributed by atoms with Gasteiger partial charge in [0.2, 0.25) is 11.9 Å². The van der Waals surface area contributed by atoms with Gasteiger partial charge in [0.15, 0.2) is 5.82 Å². The molecule has 0 spiro atoms. The third-order valence-corrected chi connectivity index (χ3v) is 3.85. The summed E-state index contributed by atoms with van der Waals surface area (Å²) in [6, 6.07) is 8.91. The smallest absolute Gasteiger partial charge is 0.232 e. The minimum absolute atomic E-state index is 0.137. The maximum Gasteiger partial charge on any atom is 0.232 e. The fourth-order valence-corrected chi connectivity index (χ4v) is 2.54. The molecule has 32 heavy (non-hydrogen) atoms. The van der Waals surface area contributed by atoms with Crippen molar-refractivity contribution in [3.8, 4) is 11.5 Å². The molecule has 0 aliphatic heterocycles. The number of nitrogens with zero attached hydrogens (tertiary/aromatic N) is 5. The van der Waals surface area contributed by atoms with Crippen LogP contribution in [-0.4, -0.2) is 36.1 Å². The summed E-state index contributed by atoms with van der Waals surface area (Å²) < 4.78 is 0. The van der Waals surface area contributed by atoms with Crippen molar-refractivity contribution >= 4 is 29.2 Å². The lowest BCUT2D eigenvalue weighted by Crippen LogP contribution is -2.17. The summed E-state index contributed by atoms with van der Waals surface area (Å²) in [5.74, 6) is 1.14. The van der Waals surface area contributed by atoms with Gasteiger partial charge in [-0.2, -0.15) is 15.0 Å². The van der Waals surface area contributed by atoms with Crippen molar-refractivity contribution in [1.82, 2.24) is 24.9 Å². The minimum Gasteiger partial charge on any atom is -0.384 e. The first-order chi connectivity index (χ1) is 15.2. The van der Waals surface area contributed by atoms with Crippen molar-refractivity contribution in [3.63, 3.8) is 0 Å². The van der Waals surface area contributed by atoms with E-state index in [1.807, 2.05) is 41.5 Å². The molecular weight excluding hydrogens is 426 g/mol. The van der Waals surface area contributed by atoms with Crippen molar-refractivity contribution in [3.05, 3.63) is 47.4 Å². The summed E-state index contributed by atoms with van der Waals surface area (Å²) in [5.41, 5.74) is 0.705. The molecule has 0 aliphatic carbocycles. The Morgan fingerprint density at radius 3 is 2.19 bits per heavy atom. The predicted molar refractivity (Wildman–Crippen MR) is 132 cm³/mol. The summed E-state index contributed by atoms with van der Waals surface area (Å²) >= 11 is 6.00. The van der Waals surface area contributed by atoms with Crippen molar-refractivity contribution in [2.75, 3.05) is 10.6 Å². The SMILES string of the molecule is CC.CC.CC(C)Nc1nc(Nc2ccnc(C(C)(C)O)c2)nc(-c2cccc(Cl)n2)n1. The van der Waals surface area contributed by atoms with Crippen LogP contribution in [0.3, 0.4) is 0 Å². The number of anilines is 3. The van der Waals surface area contributed by atoms with E-state index in [4.69, 9.17) is 11.6 Å². The van der Waals surface area contributed by atoms with Gasteiger partial charge in [0.1, 0.15) is 16.4 Å². The molecule has 0 saturated heterocycles. The number of hydrogen-bond acceptors (Lipinski definition) is 8. The highest BCUT2D eigenvalue weighted by Gasteiger charge is 2.18. The second kappa shape index (κ2) is 12.9. The van der Waals surface area contributed by atoms with Crippen molar-refractivity contribution in [1.29, 1.82) is 0 Å². The van der Waals surface area contributed by atoms with E-state index < -0.39 is 5.60 Å². The lowest BCUT2D eigenvalue weighted by molar-refractivity contribution is 0.0739. The zero-order valence-corrected chi connectivity index (χ0v) is 20.9. The fraction of sp³-hybridized carbons (Fsp3) is 0.435. The number of aromatic nitrogens is 5. The van der Waals surface area contributed by atoms with Crippen molar-refractivity contribution in [2.24, 2.45) is 0 Å². The molecule has 8 nitrogen and oxygen atoms in total. The van der Waals surface area contributed by atoms with Gasteiger partial charge < -0.3 is 15.7 Å². The second-order valence-electron chi connectivity index (χ2n) is 7.06. The molecule has 3 rings (SSSR count). The molecule has 0 atom stereocenters. The molecule has 0 aliphatic rings. The van der Waals surface area contributed by atoms with Crippen LogP contribution in [0.25, 0.3) is 11.5 Å². The Hall–Kier alpha value is -2.84. The molecule has 3 N–H and O–H groups in total. The van der Waals surface area contributed by atoms with E-state index in [-0.39, 0.29) is 6.04 Å². The highest BCUT2D eigenvalue weighted by atomic mass is 35.5. The van der Waals surface area contributed by atoms with Crippen LogP contribution in [0.15, 0.2) is 36.5 Å². The number of halogens is 1. The lowest BCUT2D eigenvalue weighted by Gasteiger charge is -2.17. The highest BCUT2D eigenvalue weighted by molar-refractivity contribution is 6.29. The van der Waals surface area contributed by atoms with Gasteiger partial charge in [-0.15, -0.1) is 0 Å². The molecule has 0 saturated carbocycles. The molecule has 3 heterocycles. The monoisotopic (exact) mass is 459 g/mol. The van der Waals surface area contributed by atoms with E-state index in [1.54, 1.807) is 50.4 Å². The van der Waals surface area contributed by atoms with Gasteiger partial charge in [-0.1, -0.05) is 45.4 Å². The van der Waals surface area contributed by atoms with E-state index >= 15 is 0 Å². The van der Waals surface area contributed by atoms with Crippen LogP contribution in [0.2, 0.25) is 5.15 Å². The number of nitrogens with one attached hydrogen (secondary N) is 2. The quantitative estimate of drug-likeness (QED) is 0.395. The Balaban J connectivity index is 0.00000121. The van der Waals surface area contributed by atoms with Crippen LogP contribution in [-0.2, 0) is 5.60 Å². The Morgan fingerprint density at radius 1 is 0.938 bits per heavy atom. The molecule has 3 aromatic rings. The molecule has 3 aromatic heterocycles. The topological polar surface area (TPSA) is 109 Å². The Bertz CT molecular complexity index is 975. The minimum atomic E-state index is -1.06. The summed E-state index contributed by atoms with van der Waals surface area (Å²) in [6.07, 6.45) is 1.61. The van der Waals surface area contributed by atoms with E-state index in [0.717, 1.165) is 0 Å². The highest BCUT2D eigenvalue weighted by Crippen LogP contribution is 2.23. The lowest BCUT2D eigenvalue weighted by atomic mass is 10.0. The number of rotatable bonds is 6.